The van der Waals surface area contributed by atoms with E-state index in [1.165, 1.54) is 10.9 Å². The minimum atomic E-state index is 0.371. The van der Waals surface area contributed by atoms with Crippen molar-refractivity contribution in [1.82, 2.24) is 9.88 Å². The Morgan fingerprint density at radius 2 is 2.10 bits per heavy atom. The highest BCUT2D eigenvalue weighted by Gasteiger charge is 2.13. The van der Waals surface area contributed by atoms with Crippen molar-refractivity contribution in [3.05, 3.63) is 35.9 Å². The van der Waals surface area contributed by atoms with Crippen molar-refractivity contribution in [2.75, 3.05) is 32.6 Å². The number of hydrogen-bond donors (Lipinski definition) is 1. The van der Waals surface area contributed by atoms with Gasteiger partial charge in [-0.05, 0) is 33.0 Å². The lowest BCUT2D eigenvalue weighted by molar-refractivity contribution is 0.112. The van der Waals surface area contributed by atoms with E-state index >= 15 is 0 Å². The van der Waals surface area contributed by atoms with Gasteiger partial charge in [-0.1, -0.05) is 18.2 Å². The van der Waals surface area contributed by atoms with E-state index < -0.39 is 0 Å². The van der Waals surface area contributed by atoms with E-state index in [1.54, 1.807) is 7.11 Å². The highest BCUT2D eigenvalue weighted by atomic mass is 16.5. The number of likely N-dealkylation sites (N-methyl/N-ethyl adjacent to an activating group) is 1. The first-order valence-corrected chi connectivity index (χ1v) is 7.47. The molecule has 1 aromatic carbocycles. The average molecular weight is 287 g/mol. The molecule has 1 aromatic heterocycles. The number of aromatic nitrogens is 1. The zero-order valence-corrected chi connectivity index (χ0v) is 13.4. The van der Waals surface area contributed by atoms with Crippen molar-refractivity contribution >= 4 is 16.7 Å². The maximum atomic E-state index is 5.24. The lowest BCUT2D eigenvalue weighted by atomic mass is 10.1. The van der Waals surface area contributed by atoms with Crippen LogP contribution in [0.4, 0.5) is 5.82 Å². The number of fused-ring (bicyclic) bond motifs is 1. The number of nitrogens with one attached hydrogen (secondary N) is 1. The summed E-state index contributed by atoms with van der Waals surface area (Å²) in [7, 11) is 3.86. The number of methoxy groups -OCH3 is 1. The van der Waals surface area contributed by atoms with Crippen molar-refractivity contribution in [1.29, 1.82) is 0 Å². The first-order chi connectivity index (χ1) is 10.2. The first kappa shape index (κ1) is 15.7. The molecule has 0 aliphatic rings. The van der Waals surface area contributed by atoms with Gasteiger partial charge in [0.15, 0.2) is 0 Å². The number of pyridine rings is 1. The van der Waals surface area contributed by atoms with E-state index in [0.29, 0.717) is 6.04 Å². The molecule has 0 spiro atoms. The van der Waals surface area contributed by atoms with Crippen LogP contribution in [0.3, 0.4) is 0 Å². The summed E-state index contributed by atoms with van der Waals surface area (Å²) in [6.07, 6.45) is 0. The molecule has 1 unspecified atom stereocenters. The summed E-state index contributed by atoms with van der Waals surface area (Å²) < 4.78 is 5.24. The SMILES string of the molecule is CCNc1nc2ccccc2cc1CN(C)C(C)COC. The third-order valence-corrected chi connectivity index (χ3v) is 3.73. The normalized spacial score (nSPS) is 12.8. The molecular weight excluding hydrogens is 262 g/mol. The second-order valence-electron chi connectivity index (χ2n) is 5.44. The third-order valence-electron chi connectivity index (χ3n) is 3.73. The maximum absolute atomic E-state index is 5.24. The summed E-state index contributed by atoms with van der Waals surface area (Å²) in [6.45, 7) is 6.72. The predicted molar refractivity (Wildman–Crippen MR) is 88.7 cm³/mol. The molecule has 1 heterocycles. The monoisotopic (exact) mass is 287 g/mol. The number of hydrogen-bond acceptors (Lipinski definition) is 4. The van der Waals surface area contributed by atoms with E-state index in [2.05, 4.69) is 55.4 Å². The van der Waals surface area contributed by atoms with Gasteiger partial charge in [0.1, 0.15) is 5.82 Å². The number of ether oxygens (including phenoxy) is 1. The Morgan fingerprint density at radius 1 is 1.33 bits per heavy atom. The molecule has 0 aliphatic heterocycles. The fourth-order valence-corrected chi connectivity index (χ4v) is 2.39. The van der Waals surface area contributed by atoms with Crippen LogP contribution in [-0.4, -0.2) is 43.2 Å². The van der Waals surface area contributed by atoms with Gasteiger partial charge in [-0.2, -0.15) is 0 Å². The Kier molecular flexibility index (Phi) is 5.53. The third kappa shape index (κ3) is 3.93. The average Bonchev–Trinajstić information content (AvgIpc) is 2.48. The standard InChI is InChI=1S/C17H25N3O/c1-5-18-17-15(11-20(3)13(2)12-21-4)10-14-8-6-7-9-16(14)19-17/h6-10,13H,5,11-12H2,1-4H3,(H,18,19). The lowest BCUT2D eigenvalue weighted by Gasteiger charge is -2.25. The molecule has 1 atom stereocenters. The Bertz CT molecular complexity index is 585. The Morgan fingerprint density at radius 3 is 2.81 bits per heavy atom. The summed E-state index contributed by atoms with van der Waals surface area (Å²) in [5, 5.41) is 4.56. The number of nitrogens with zero attached hydrogens (tertiary/aromatic N) is 2. The fourth-order valence-electron chi connectivity index (χ4n) is 2.39. The van der Waals surface area contributed by atoms with Gasteiger partial charge in [-0.25, -0.2) is 4.98 Å². The summed E-state index contributed by atoms with van der Waals surface area (Å²) in [5.74, 6) is 0.979. The number of benzene rings is 1. The summed E-state index contributed by atoms with van der Waals surface area (Å²) >= 11 is 0. The highest BCUT2D eigenvalue weighted by Crippen LogP contribution is 2.22. The van der Waals surface area contributed by atoms with Crippen LogP contribution in [0.15, 0.2) is 30.3 Å². The molecule has 2 aromatic rings. The van der Waals surface area contributed by atoms with E-state index in [4.69, 9.17) is 9.72 Å². The van der Waals surface area contributed by atoms with Crippen molar-refractivity contribution < 1.29 is 4.74 Å². The largest absolute Gasteiger partial charge is 0.383 e. The van der Waals surface area contributed by atoms with Gasteiger partial charge in [0.25, 0.3) is 0 Å². The molecule has 0 radical (unpaired) electrons. The molecule has 0 aliphatic carbocycles. The molecular formula is C17H25N3O. The van der Waals surface area contributed by atoms with Gasteiger partial charge in [-0.15, -0.1) is 0 Å². The van der Waals surface area contributed by atoms with Crippen LogP contribution in [0.1, 0.15) is 19.4 Å². The highest BCUT2D eigenvalue weighted by molar-refractivity contribution is 5.81. The molecule has 1 N–H and O–H groups in total. The Hall–Kier alpha value is -1.65. The molecule has 0 saturated heterocycles. The molecule has 0 bridgehead atoms. The molecule has 4 nitrogen and oxygen atoms in total. The first-order valence-electron chi connectivity index (χ1n) is 7.47. The van der Waals surface area contributed by atoms with Crippen LogP contribution < -0.4 is 5.32 Å². The molecule has 114 valence electrons. The van der Waals surface area contributed by atoms with E-state index in [-0.39, 0.29) is 0 Å². The van der Waals surface area contributed by atoms with Crippen LogP contribution >= 0.6 is 0 Å². The Balaban J connectivity index is 2.29. The van der Waals surface area contributed by atoms with Gasteiger partial charge in [0.05, 0.1) is 12.1 Å². The van der Waals surface area contributed by atoms with Crippen LogP contribution in [-0.2, 0) is 11.3 Å². The minimum Gasteiger partial charge on any atom is -0.383 e. The molecule has 0 amide bonds. The summed E-state index contributed by atoms with van der Waals surface area (Å²) in [4.78, 5) is 7.04. The Labute approximate surface area is 127 Å². The zero-order valence-electron chi connectivity index (χ0n) is 13.4. The van der Waals surface area contributed by atoms with Crippen molar-refractivity contribution in [3.8, 4) is 0 Å². The van der Waals surface area contributed by atoms with Crippen LogP contribution in [0.5, 0.6) is 0 Å². The molecule has 0 saturated carbocycles. The second kappa shape index (κ2) is 7.38. The quantitative estimate of drug-likeness (QED) is 0.849. The second-order valence-corrected chi connectivity index (χ2v) is 5.44. The van der Waals surface area contributed by atoms with Crippen LogP contribution in [0, 0.1) is 0 Å². The molecule has 4 heteroatoms. The van der Waals surface area contributed by atoms with Gasteiger partial charge < -0.3 is 10.1 Å². The van der Waals surface area contributed by atoms with Crippen molar-refractivity contribution in [2.45, 2.75) is 26.4 Å². The zero-order chi connectivity index (χ0) is 15.2. The predicted octanol–water partition coefficient (Wildman–Crippen LogP) is 3.13. The number of anilines is 1. The van der Waals surface area contributed by atoms with Gasteiger partial charge in [0.2, 0.25) is 0 Å². The summed E-state index contributed by atoms with van der Waals surface area (Å²) in [6, 6.07) is 10.8. The van der Waals surface area contributed by atoms with Crippen LogP contribution in [0.2, 0.25) is 0 Å². The summed E-state index contributed by atoms with van der Waals surface area (Å²) in [5.41, 5.74) is 2.26. The lowest BCUT2D eigenvalue weighted by Crippen LogP contribution is -2.32. The molecule has 21 heavy (non-hydrogen) atoms. The van der Waals surface area contributed by atoms with E-state index in [9.17, 15) is 0 Å². The number of rotatable bonds is 7. The van der Waals surface area contributed by atoms with Gasteiger partial charge in [0, 0.05) is 37.2 Å². The molecule has 0 fully saturated rings. The van der Waals surface area contributed by atoms with E-state index in [0.717, 1.165) is 31.0 Å². The van der Waals surface area contributed by atoms with Gasteiger partial charge in [-0.3, -0.25) is 4.90 Å². The topological polar surface area (TPSA) is 37.4 Å². The molecule has 2 rings (SSSR count). The van der Waals surface area contributed by atoms with Crippen molar-refractivity contribution in [2.24, 2.45) is 0 Å². The van der Waals surface area contributed by atoms with Gasteiger partial charge >= 0.3 is 0 Å². The van der Waals surface area contributed by atoms with E-state index in [1.807, 2.05) is 6.07 Å². The fraction of sp³-hybridized carbons (Fsp3) is 0.471. The minimum absolute atomic E-state index is 0.371. The number of para-hydroxylation sites is 1. The maximum Gasteiger partial charge on any atom is 0.131 e. The van der Waals surface area contributed by atoms with Crippen molar-refractivity contribution in [3.63, 3.8) is 0 Å². The van der Waals surface area contributed by atoms with Crippen LogP contribution in [0.25, 0.3) is 10.9 Å². The smallest absolute Gasteiger partial charge is 0.131 e.